The predicted molar refractivity (Wildman–Crippen MR) is 82.0 cm³/mol. The monoisotopic (exact) mass is 295 g/mol. The highest BCUT2D eigenvalue weighted by Crippen LogP contribution is 2.29. The van der Waals surface area contributed by atoms with Gasteiger partial charge in [0, 0.05) is 11.6 Å². The first-order valence-electron chi connectivity index (χ1n) is 7.09. The lowest BCUT2D eigenvalue weighted by Crippen LogP contribution is -2.39. The van der Waals surface area contributed by atoms with Crippen molar-refractivity contribution in [2.75, 3.05) is 14.2 Å². The standard InChI is InChI=1S/C16H25NO4/c1-10(2)8-14(16(18)19)17-11(3)13-9-12(20-4)6-7-15(13)21-5/h6-7,9-11,14,17H,8H2,1-5H3,(H,18,19). The summed E-state index contributed by atoms with van der Waals surface area (Å²) in [6.45, 7) is 5.94. The van der Waals surface area contributed by atoms with E-state index in [9.17, 15) is 9.90 Å². The number of hydrogen-bond donors (Lipinski definition) is 2. The fourth-order valence-corrected chi connectivity index (χ4v) is 2.28. The molecule has 118 valence electrons. The van der Waals surface area contributed by atoms with Gasteiger partial charge in [-0.2, -0.15) is 0 Å². The smallest absolute Gasteiger partial charge is 0.320 e. The molecule has 2 N–H and O–H groups in total. The normalized spacial score (nSPS) is 13.8. The molecule has 0 bridgehead atoms. The van der Waals surface area contributed by atoms with Gasteiger partial charge in [-0.1, -0.05) is 13.8 Å². The zero-order chi connectivity index (χ0) is 16.0. The van der Waals surface area contributed by atoms with Gasteiger partial charge in [-0.05, 0) is 37.5 Å². The van der Waals surface area contributed by atoms with Crippen LogP contribution in [0.2, 0.25) is 0 Å². The SMILES string of the molecule is COc1ccc(OC)c(C(C)NC(CC(C)C)C(=O)O)c1. The Balaban J connectivity index is 2.95. The first-order valence-corrected chi connectivity index (χ1v) is 7.09. The summed E-state index contributed by atoms with van der Waals surface area (Å²) in [4.78, 5) is 11.4. The molecule has 1 aromatic rings. The third kappa shape index (κ3) is 4.93. The number of ether oxygens (including phenoxy) is 2. The maximum absolute atomic E-state index is 11.4. The van der Waals surface area contributed by atoms with Crippen LogP contribution in [-0.2, 0) is 4.79 Å². The molecule has 0 heterocycles. The van der Waals surface area contributed by atoms with Gasteiger partial charge in [0.2, 0.25) is 0 Å². The number of methoxy groups -OCH3 is 2. The van der Waals surface area contributed by atoms with Crippen LogP contribution in [0.25, 0.3) is 0 Å². The molecule has 2 atom stereocenters. The van der Waals surface area contributed by atoms with Crippen molar-refractivity contribution in [3.8, 4) is 11.5 Å². The van der Waals surface area contributed by atoms with E-state index in [-0.39, 0.29) is 6.04 Å². The van der Waals surface area contributed by atoms with Gasteiger partial charge in [0.05, 0.1) is 14.2 Å². The molecule has 0 saturated heterocycles. The molecule has 0 saturated carbocycles. The van der Waals surface area contributed by atoms with Gasteiger partial charge in [0.15, 0.2) is 0 Å². The van der Waals surface area contributed by atoms with E-state index in [0.29, 0.717) is 18.1 Å². The Morgan fingerprint density at radius 3 is 2.38 bits per heavy atom. The fourth-order valence-electron chi connectivity index (χ4n) is 2.28. The third-order valence-corrected chi connectivity index (χ3v) is 3.36. The Labute approximate surface area is 126 Å². The summed E-state index contributed by atoms with van der Waals surface area (Å²) < 4.78 is 10.6. The van der Waals surface area contributed by atoms with Crippen LogP contribution in [0, 0.1) is 5.92 Å². The summed E-state index contributed by atoms with van der Waals surface area (Å²) in [5.41, 5.74) is 0.881. The minimum Gasteiger partial charge on any atom is -0.497 e. The molecule has 21 heavy (non-hydrogen) atoms. The second-order valence-corrected chi connectivity index (χ2v) is 5.52. The van der Waals surface area contributed by atoms with E-state index >= 15 is 0 Å². The van der Waals surface area contributed by atoms with Crippen molar-refractivity contribution in [2.45, 2.75) is 39.3 Å². The average Bonchev–Trinajstić information content (AvgIpc) is 2.45. The maximum atomic E-state index is 11.4. The lowest BCUT2D eigenvalue weighted by atomic mass is 10.0. The van der Waals surface area contributed by atoms with Crippen molar-refractivity contribution in [3.63, 3.8) is 0 Å². The molecule has 5 nitrogen and oxygen atoms in total. The van der Waals surface area contributed by atoms with Crippen LogP contribution < -0.4 is 14.8 Å². The number of hydrogen-bond acceptors (Lipinski definition) is 4. The number of benzene rings is 1. The van der Waals surface area contributed by atoms with E-state index in [1.807, 2.05) is 39.0 Å². The number of nitrogens with one attached hydrogen (secondary N) is 1. The molecule has 5 heteroatoms. The van der Waals surface area contributed by atoms with Crippen molar-refractivity contribution in [1.82, 2.24) is 5.32 Å². The van der Waals surface area contributed by atoms with Crippen molar-refractivity contribution < 1.29 is 19.4 Å². The van der Waals surface area contributed by atoms with Crippen molar-refractivity contribution >= 4 is 5.97 Å². The molecule has 0 amide bonds. The number of carboxylic acid groups (broad SMARTS) is 1. The highest BCUT2D eigenvalue weighted by molar-refractivity contribution is 5.73. The van der Waals surface area contributed by atoms with Gasteiger partial charge >= 0.3 is 5.97 Å². The van der Waals surface area contributed by atoms with E-state index in [1.54, 1.807) is 14.2 Å². The van der Waals surface area contributed by atoms with Gasteiger partial charge in [-0.15, -0.1) is 0 Å². The quantitative estimate of drug-likeness (QED) is 0.772. The molecule has 0 aliphatic carbocycles. The molecule has 0 aliphatic heterocycles. The van der Waals surface area contributed by atoms with Crippen LogP contribution in [-0.4, -0.2) is 31.3 Å². The molecule has 0 aromatic heterocycles. The zero-order valence-electron chi connectivity index (χ0n) is 13.3. The summed E-state index contributed by atoms with van der Waals surface area (Å²) in [6, 6.07) is 4.76. The van der Waals surface area contributed by atoms with Gasteiger partial charge in [0.25, 0.3) is 0 Å². The first kappa shape index (κ1) is 17.3. The predicted octanol–water partition coefficient (Wildman–Crippen LogP) is 2.85. The fraction of sp³-hybridized carbons (Fsp3) is 0.562. The molecule has 0 radical (unpaired) electrons. The van der Waals surface area contributed by atoms with Gasteiger partial charge in [-0.3, -0.25) is 10.1 Å². The summed E-state index contributed by atoms with van der Waals surface area (Å²) in [6.07, 6.45) is 0.575. The lowest BCUT2D eigenvalue weighted by molar-refractivity contribution is -0.140. The molecule has 0 fully saturated rings. The highest BCUT2D eigenvalue weighted by Gasteiger charge is 2.23. The Morgan fingerprint density at radius 1 is 1.24 bits per heavy atom. The van der Waals surface area contributed by atoms with Crippen LogP contribution in [0.4, 0.5) is 0 Å². The minimum atomic E-state index is -0.836. The van der Waals surface area contributed by atoms with E-state index < -0.39 is 12.0 Å². The van der Waals surface area contributed by atoms with Gasteiger partial charge < -0.3 is 14.6 Å². The number of aliphatic carboxylic acids is 1. The third-order valence-electron chi connectivity index (χ3n) is 3.36. The van der Waals surface area contributed by atoms with E-state index in [0.717, 1.165) is 11.3 Å². The summed E-state index contributed by atoms with van der Waals surface area (Å²) in [7, 11) is 3.20. The molecule has 1 rings (SSSR count). The second-order valence-electron chi connectivity index (χ2n) is 5.52. The topological polar surface area (TPSA) is 67.8 Å². The van der Waals surface area contributed by atoms with Crippen LogP contribution in [0.3, 0.4) is 0 Å². The average molecular weight is 295 g/mol. The molecule has 2 unspecified atom stereocenters. The van der Waals surface area contributed by atoms with Crippen LogP contribution in [0.15, 0.2) is 18.2 Å². The van der Waals surface area contributed by atoms with Crippen LogP contribution in [0.5, 0.6) is 11.5 Å². The van der Waals surface area contributed by atoms with Crippen molar-refractivity contribution in [3.05, 3.63) is 23.8 Å². The Bertz CT molecular complexity index is 473. The van der Waals surface area contributed by atoms with Crippen molar-refractivity contribution in [1.29, 1.82) is 0 Å². The van der Waals surface area contributed by atoms with E-state index in [2.05, 4.69) is 5.32 Å². The van der Waals surface area contributed by atoms with Crippen LogP contribution in [0.1, 0.15) is 38.8 Å². The lowest BCUT2D eigenvalue weighted by Gasteiger charge is -2.23. The largest absolute Gasteiger partial charge is 0.497 e. The zero-order valence-corrected chi connectivity index (χ0v) is 13.3. The first-order chi connectivity index (χ1) is 9.88. The molecule has 0 spiro atoms. The summed E-state index contributed by atoms with van der Waals surface area (Å²) >= 11 is 0. The summed E-state index contributed by atoms with van der Waals surface area (Å²) in [5, 5.41) is 12.5. The molecular formula is C16H25NO4. The Kier molecular flexibility index (Phi) is 6.49. The van der Waals surface area contributed by atoms with E-state index in [1.165, 1.54) is 0 Å². The molecule has 1 aromatic carbocycles. The Hall–Kier alpha value is -1.75. The van der Waals surface area contributed by atoms with Gasteiger partial charge in [-0.25, -0.2) is 0 Å². The maximum Gasteiger partial charge on any atom is 0.320 e. The highest BCUT2D eigenvalue weighted by atomic mass is 16.5. The Morgan fingerprint density at radius 2 is 1.90 bits per heavy atom. The van der Waals surface area contributed by atoms with E-state index in [4.69, 9.17) is 9.47 Å². The van der Waals surface area contributed by atoms with Crippen molar-refractivity contribution in [2.24, 2.45) is 5.92 Å². The molecule has 0 aliphatic rings. The summed E-state index contributed by atoms with van der Waals surface area (Å²) in [5.74, 6) is 0.898. The second kappa shape index (κ2) is 7.88. The molecular weight excluding hydrogens is 270 g/mol. The number of carboxylic acids is 1. The minimum absolute atomic E-state index is 0.158. The van der Waals surface area contributed by atoms with Crippen LogP contribution >= 0.6 is 0 Å². The number of rotatable bonds is 8. The van der Waals surface area contributed by atoms with Gasteiger partial charge in [0.1, 0.15) is 17.5 Å². The number of carbonyl (C=O) groups is 1.